The van der Waals surface area contributed by atoms with Crippen molar-refractivity contribution in [3.63, 3.8) is 0 Å². The molecule has 0 unspecified atom stereocenters. The molecule has 0 bridgehead atoms. The number of carbonyl (C=O) groups is 2. The zero-order valence-corrected chi connectivity index (χ0v) is 14.3. The van der Waals surface area contributed by atoms with Crippen molar-refractivity contribution in [1.82, 2.24) is 9.80 Å². The number of rotatable bonds is 2. The van der Waals surface area contributed by atoms with Gasteiger partial charge in [-0.25, -0.2) is 4.79 Å². The largest absolute Gasteiger partial charge is 0.461 e. The zero-order valence-electron chi connectivity index (χ0n) is 14.3. The molecule has 0 saturated carbocycles. The van der Waals surface area contributed by atoms with Gasteiger partial charge in [0.15, 0.2) is 0 Å². The Morgan fingerprint density at radius 3 is 2.64 bits per heavy atom. The van der Waals surface area contributed by atoms with Gasteiger partial charge in [-0.2, -0.15) is 0 Å². The van der Waals surface area contributed by atoms with Gasteiger partial charge in [0.05, 0.1) is 0 Å². The first-order chi connectivity index (χ1) is 10.2. The van der Waals surface area contributed by atoms with Crippen molar-refractivity contribution in [2.45, 2.75) is 70.7 Å². The van der Waals surface area contributed by atoms with E-state index in [-0.39, 0.29) is 30.3 Å². The molecule has 0 spiro atoms. The number of hydrogen-bond acceptors (Lipinski definition) is 5. The number of ether oxygens (including phenoxy) is 2. The highest BCUT2D eigenvalue weighted by molar-refractivity contribution is 5.78. The highest BCUT2D eigenvalue weighted by atomic mass is 16.6. The van der Waals surface area contributed by atoms with E-state index in [2.05, 4.69) is 4.90 Å². The summed E-state index contributed by atoms with van der Waals surface area (Å²) in [5.41, 5.74) is -0.496. The predicted octanol–water partition coefficient (Wildman–Crippen LogP) is 2.02. The molecule has 0 aromatic heterocycles. The maximum absolute atomic E-state index is 12.2. The highest BCUT2D eigenvalue weighted by Gasteiger charge is 2.39. The Balaban J connectivity index is 1.95. The third-order valence-corrected chi connectivity index (χ3v) is 4.24. The van der Waals surface area contributed by atoms with E-state index < -0.39 is 5.60 Å². The Labute approximate surface area is 132 Å². The van der Waals surface area contributed by atoms with Crippen molar-refractivity contribution in [3.05, 3.63) is 0 Å². The second kappa shape index (κ2) is 6.44. The Kier molecular flexibility index (Phi) is 5.00. The van der Waals surface area contributed by atoms with Gasteiger partial charge in [0.25, 0.3) is 0 Å². The smallest absolute Gasteiger partial charge is 0.410 e. The van der Waals surface area contributed by atoms with Crippen molar-refractivity contribution in [3.8, 4) is 0 Å². The molecule has 6 heteroatoms. The standard InChI is InChI=1S/C16H28N2O4/c1-11-9-13(14(19)21-11)18-8-6-7-12(10-18)17(5)15(20)22-16(2,3)4/h11-13H,6-10H2,1-5H3/t11-,12-,13+/m1/s1. The SMILES string of the molecule is C[C@@H]1C[C@H](N2CCC[C@@H](N(C)C(=O)OC(C)(C)C)C2)C(=O)O1. The summed E-state index contributed by atoms with van der Waals surface area (Å²) in [6.45, 7) is 9.09. The fourth-order valence-electron chi connectivity index (χ4n) is 3.10. The summed E-state index contributed by atoms with van der Waals surface area (Å²) in [5, 5.41) is 0. The summed E-state index contributed by atoms with van der Waals surface area (Å²) in [5.74, 6) is -0.131. The molecule has 1 amide bonds. The molecule has 2 aliphatic rings. The average Bonchev–Trinajstić information content (AvgIpc) is 2.75. The summed E-state index contributed by atoms with van der Waals surface area (Å²) in [4.78, 5) is 27.9. The molecule has 0 aliphatic carbocycles. The van der Waals surface area contributed by atoms with Gasteiger partial charge < -0.3 is 14.4 Å². The van der Waals surface area contributed by atoms with Gasteiger partial charge in [-0.15, -0.1) is 0 Å². The summed E-state index contributed by atoms with van der Waals surface area (Å²) in [7, 11) is 1.78. The number of likely N-dealkylation sites (N-methyl/N-ethyl adjacent to an activating group) is 1. The minimum atomic E-state index is -0.496. The summed E-state index contributed by atoms with van der Waals surface area (Å²) >= 11 is 0. The fraction of sp³-hybridized carbons (Fsp3) is 0.875. The van der Waals surface area contributed by atoms with Crippen LogP contribution in [0.3, 0.4) is 0 Å². The topological polar surface area (TPSA) is 59.1 Å². The Morgan fingerprint density at radius 2 is 2.09 bits per heavy atom. The number of nitrogens with zero attached hydrogens (tertiary/aromatic N) is 2. The number of cyclic esters (lactones) is 1. The maximum Gasteiger partial charge on any atom is 0.410 e. The molecule has 2 fully saturated rings. The number of hydrogen-bond donors (Lipinski definition) is 0. The number of esters is 1. The van der Waals surface area contributed by atoms with E-state index in [1.54, 1.807) is 11.9 Å². The molecule has 0 aromatic carbocycles. The average molecular weight is 312 g/mol. The van der Waals surface area contributed by atoms with Crippen molar-refractivity contribution in [1.29, 1.82) is 0 Å². The van der Waals surface area contributed by atoms with E-state index in [9.17, 15) is 9.59 Å². The van der Waals surface area contributed by atoms with Crippen LogP contribution in [0.5, 0.6) is 0 Å². The van der Waals surface area contributed by atoms with Crippen LogP contribution in [0.2, 0.25) is 0 Å². The van der Waals surface area contributed by atoms with Crippen LogP contribution < -0.4 is 0 Å². The molecule has 126 valence electrons. The van der Waals surface area contributed by atoms with Crippen molar-refractivity contribution >= 4 is 12.1 Å². The van der Waals surface area contributed by atoms with Crippen LogP contribution in [-0.2, 0) is 14.3 Å². The molecule has 0 aromatic rings. The summed E-state index contributed by atoms with van der Waals surface area (Å²) in [6, 6.07) is -0.0860. The second-order valence-corrected chi connectivity index (χ2v) is 7.38. The maximum atomic E-state index is 12.2. The summed E-state index contributed by atoms with van der Waals surface area (Å²) < 4.78 is 10.7. The van der Waals surface area contributed by atoms with Crippen LogP contribution in [0.25, 0.3) is 0 Å². The van der Waals surface area contributed by atoms with Gasteiger partial charge in [-0.3, -0.25) is 9.69 Å². The van der Waals surface area contributed by atoms with Gasteiger partial charge in [-0.1, -0.05) is 0 Å². The van der Waals surface area contributed by atoms with Crippen LogP contribution in [0.1, 0.15) is 47.0 Å². The van der Waals surface area contributed by atoms with Crippen LogP contribution in [0, 0.1) is 0 Å². The molecule has 3 atom stereocenters. The molecular weight excluding hydrogens is 284 g/mol. The lowest BCUT2D eigenvalue weighted by Gasteiger charge is -2.39. The van der Waals surface area contributed by atoms with Gasteiger partial charge in [0, 0.05) is 26.1 Å². The highest BCUT2D eigenvalue weighted by Crippen LogP contribution is 2.25. The van der Waals surface area contributed by atoms with Crippen LogP contribution >= 0.6 is 0 Å². The van der Waals surface area contributed by atoms with E-state index in [0.29, 0.717) is 6.54 Å². The lowest BCUT2D eigenvalue weighted by atomic mass is 10.0. The van der Waals surface area contributed by atoms with E-state index in [4.69, 9.17) is 9.47 Å². The fourth-order valence-corrected chi connectivity index (χ4v) is 3.10. The van der Waals surface area contributed by atoms with Crippen molar-refractivity contribution < 1.29 is 19.1 Å². The second-order valence-electron chi connectivity index (χ2n) is 7.38. The summed E-state index contributed by atoms with van der Waals surface area (Å²) in [6.07, 6.45) is 2.32. The Hall–Kier alpha value is -1.30. The van der Waals surface area contributed by atoms with Crippen LogP contribution in [0.4, 0.5) is 4.79 Å². The first-order valence-electron chi connectivity index (χ1n) is 8.08. The van der Waals surface area contributed by atoms with E-state index in [0.717, 1.165) is 25.8 Å². The monoisotopic (exact) mass is 312 g/mol. The first-order valence-corrected chi connectivity index (χ1v) is 8.08. The van der Waals surface area contributed by atoms with Crippen molar-refractivity contribution in [2.75, 3.05) is 20.1 Å². The van der Waals surface area contributed by atoms with Gasteiger partial charge in [-0.05, 0) is 47.1 Å². The lowest BCUT2D eigenvalue weighted by Crippen LogP contribution is -2.53. The minimum Gasteiger partial charge on any atom is -0.461 e. The zero-order chi connectivity index (χ0) is 16.5. The molecule has 6 nitrogen and oxygen atoms in total. The third kappa shape index (κ3) is 4.12. The van der Waals surface area contributed by atoms with E-state index >= 15 is 0 Å². The van der Waals surface area contributed by atoms with E-state index in [1.807, 2.05) is 27.7 Å². The van der Waals surface area contributed by atoms with Gasteiger partial charge in [0.2, 0.25) is 0 Å². The molecule has 22 heavy (non-hydrogen) atoms. The Bertz CT molecular complexity index is 432. The Morgan fingerprint density at radius 1 is 1.41 bits per heavy atom. The molecule has 2 rings (SSSR count). The van der Waals surface area contributed by atoms with Crippen LogP contribution in [0.15, 0.2) is 0 Å². The number of carbonyl (C=O) groups excluding carboxylic acids is 2. The third-order valence-electron chi connectivity index (χ3n) is 4.24. The quantitative estimate of drug-likeness (QED) is 0.730. The van der Waals surface area contributed by atoms with Crippen molar-refractivity contribution in [2.24, 2.45) is 0 Å². The van der Waals surface area contributed by atoms with Gasteiger partial charge >= 0.3 is 12.1 Å². The normalized spacial score (nSPS) is 30.0. The number of likely N-dealkylation sites (tertiary alicyclic amines) is 1. The molecular formula is C16H28N2O4. The lowest BCUT2D eigenvalue weighted by molar-refractivity contribution is -0.145. The predicted molar refractivity (Wildman–Crippen MR) is 82.6 cm³/mol. The van der Waals surface area contributed by atoms with E-state index in [1.165, 1.54) is 0 Å². The number of amides is 1. The first kappa shape index (κ1) is 17.1. The van der Waals surface area contributed by atoms with Gasteiger partial charge in [0.1, 0.15) is 17.7 Å². The molecule has 0 radical (unpaired) electrons. The molecule has 2 saturated heterocycles. The van der Waals surface area contributed by atoms with Crippen LogP contribution in [-0.4, -0.2) is 65.8 Å². The molecule has 0 N–H and O–H groups in total. The number of piperidine rings is 1. The molecule has 2 aliphatic heterocycles. The molecule has 2 heterocycles. The minimum absolute atomic E-state index is 0.0125.